The van der Waals surface area contributed by atoms with E-state index in [2.05, 4.69) is 18.9 Å². The number of hydrogen-bond donors (Lipinski definition) is 1. The van der Waals surface area contributed by atoms with Gasteiger partial charge in [0, 0.05) is 24.8 Å². The molecule has 68 valence electrons. The summed E-state index contributed by atoms with van der Waals surface area (Å²) in [7, 11) is 1.91. The van der Waals surface area contributed by atoms with Crippen molar-refractivity contribution >= 4 is 0 Å². The molecule has 0 fully saturated rings. The third-order valence-corrected chi connectivity index (χ3v) is 1.88. The summed E-state index contributed by atoms with van der Waals surface area (Å²) in [6.07, 6.45) is 4.84. The van der Waals surface area contributed by atoms with Gasteiger partial charge in [-0.15, -0.1) is 0 Å². The Morgan fingerprint density at radius 3 is 2.67 bits per heavy atom. The standard InChI is InChI=1S/C9H17N3/c1-7(2)4-9(10)8-5-11-12(3)6-8/h5-7,9H,4,10H2,1-3H3. The minimum atomic E-state index is 0.138. The lowest BCUT2D eigenvalue weighted by Gasteiger charge is -2.11. The van der Waals surface area contributed by atoms with Crippen LogP contribution in [-0.2, 0) is 7.05 Å². The summed E-state index contributed by atoms with van der Waals surface area (Å²) in [5, 5.41) is 4.08. The molecule has 0 bridgehead atoms. The van der Waals surface area contributed by atoms with Crippen molar-refractivity contribution in [2.75, 3.05) is 0 Å². The van der Waals surface area contributed by atoms with Crippen molar-refractivity contribution in [1.29, 1.82) is 0 Å². The lowest BCUT2D eigenvalue weighted by atomic mass is 10.0. The van der Waals surface area contributed by atoms with Crippen LogP contribution in [0.25, 0.3) is 0 Å². The van der Waals surface area contributed by atoms with Gasteiger partial charge in [0.15, 0.2) is 0 Å². The summed E-state index contributed by atoms with van der Waals surface area (Å²) in [6.45, 7) is 4.35. The van der Waals surface area contributed by atoms with Gasteiger partial charge in [-0.3, -0.25) is 4.68 Å². The van der Waals surface area contributed by atoms with Gasteiger partial charge in [0.25, 0.3) is 0 Å². The van der Waals surface area contributed by atoms with Crippen LogP contribution in [0, 0.1) is 5.92 Å². The van der Waals surface area contributed by atoms with Gasteiger partial charge < -0.3 is 5.73 Å². The smallest absolute Gasteiger partial charge is 0.0537 e. The Bertz CT molecular complexity index is 240. The Kier molecular flexibility index (Phi) is 2.87. The number of aromatic nitrogens is 2. The van der Waals surface area contributed by atoms with Gasteiger partial charge in [0.1, 0.15) is 0 Å². The molecule has 1 rings (SSSR count). The predicted molar refractivity (Wildman–Crippen MR) is 49.6 cm³/mol. The molecule has 1 aromatic rings. The normalized spacial score (nSPS) is 13.8. The minimum absolute atomic E-state index is 0.138. The highest BCUT2D eigenvalue weighted by atomic mass is 15.2. The van der Waals surface area contributed by atoms with E-state index in [1.165, 1.54) is 0 Å². The van der Waals surface area contributed by atoms with Crippen LogP contribution in [0.3, 0.4) is 0 Å². The molecule has 0 aliphatic rings. The van der Waals surface area contributed by atoms with Crippen LogP contribution < -0.4 is 5.73 Å². The quantitative estimate of drug-likeness (QED) is 0.740. The maximum Gasteiger partial charge on any atom is 0.0537 e. The number of hydrogen-bond acceptors (Lipinski definition) is 2. The van der Waals surface area contributed by atoms with Crippen LogP contribution in [0.2, 0.25) is 0 Å². The first kappa shape index (κ1) is 9.26. The van der Waals surface area contributed by atoms with Crippen LogP contribution in [0.15, 0.2) is 12.4 Å². The Labute approximate surface area is 73.6 Å². The van der Waals surface area contributed by atoms with E-state index in [1.807, 2.05) is 19.4 Å². The zero-order chi connectivity index (χ0) is 9.14. The molecule has 1 heterocycles. The molecule has 0 spiro atoms. The second-order valence-electron chi connectivity index (χ2n) is 3.68. The minimum Gasteiger partial charge on any atom is -0.324 e. The molecule has 3 heteroatoms. The molecule has 0 saturated carbocycles. The van der Waals surface area contributed by atoms with Crippen LogP contribution in [0.4, 0.5) is 0 Å². The van der Waals surface area contributed by atoms with Crippen molar-refractivity contribution in [2.24, 2.45) is 18.7 Å². The maximum absolute atomic E-state index is 5.96. The molecule has 12 heavy (non-hydrogen) atoms. The average molecular weight is 167 g/mol. The fourth-order valence-electron chi connectivity index (χ4n) is 1.28. The molecular formula is C9H17N3. The SMILES string of the molecule is CC(C)CC(N)c1cnn(C)c1. The fourth-order valence-corrected chi connectivity index (χ4v) is 1.28. The molecule has 0 aliphatic heterocycles. The monoisotopic (exact) mass is 167 g/mol. The van der Waals surface area contributed by atoms with E-state index in [4.69, 9.17) is 5.73 Å². The zero-order valence-corrected chi connectivity index (χ0v) is 7.99. The van der Waals surface area contributed by atoms with E-state index >= 15 is 0 Å². The summed E-state index contributed by atoms with van der Waals surface area (Å²) in [5.74, 6) is 0.639. The van der Waals surface area contributed by atoms with Gasteiger partial charge >= 0.3 is 0 Å². The third kappa shape index (κ3) is 2.34. The van der Waals surface area contributed by atoms with E-state index in [-0.39, 0.29) is 6.04 Å². The Balaban J connectivity index is 2.58. The molecule has 0 radical (unpaired) electrons. The number of aryl methyl sites for hydroxylation is 1. The van der Waals surface area contributed by atoms with Gasteiger partial charge in [-0.2, -0.15) is 5.10 Å². The first-order valence-electron chi connectivity index (χ1n) is 4.33. The molecular weight excluding hydrogens is 150 g/mol. The summed E-state index contributed by atoms with van der Waals surface area (Å²) in [4.78, 5) is 0. The third-order valence-electron chi connectivity index (χ3n) is 1.88. The second kappa shape index (κ2) is 3.72. The van der Waals surface area contributed by atoms with Gasteiger partial charge in [0.05, 0.1) is 6.20 Å². The molecule has 1 aromatic heterocycles. The van der Waals surface area contributed by atoms with Gasteiger partial charge in [-0.1, -0.05) is 13.8 Å². The number of nitrogens with zero attached hydrogens (tertiary/aromatic N) is 2. The van der Waals surface area contributed by atoms with E-state index in [1.54, 1.807) is 4.68 Å². The topological polar surface area (TPSA) is 43.8 Å². The van der Waals surface area contributed by atoms with Crippen LogP contribution >= 0.6 is 0 Å². The van der Waals surface area contributed by atoms with Gasteiger partial charge in [-0.05, 0) is 12.3 Å². The van der Waals surface area contributed by atoms with Crippen LogP contribution in [-0.4, -0.2) is 9.78 Å². The summed E-state index contributed by atoms with van der Waals surface area (Å²) in [5.41, 5.74) is 7.09. The van der Waals surface area contributed by atoms with Crippen molar-refractivity contribution in [3.8, 4) is 0 Å². The van der Waals surface area contributed by atoms with Crippen LogP contribution in [0.1, 0.15) is 31.9 Å². The molecule has 0 saturated heterocycles. The number of nitrogens with two attached hydrogens (primary N) is 1. The summed E-state index contributed by atoms with van der Waals surface area (Å²) in [6, 6.07) is 0.138. The lowest BCUT2D eigenvalue weighted by Crippen LogP contribution is -2.12. The van der Waals surface area contributed by atoms with Gasteiger partial charge in [0.2, 0.25) is 0 Å². The van der Waals surface area contributed by atoms with Gasteiger partial charge in [-0.25, -0.2) is 0 Å². The second-order valence-corrected chi connectivity index (χ2v) is 3.68. The maximum atomic E-state index is 5.96. The highest BCUT2D eigenvalue weighted by Gasteiger charge is 2.09. The van der Waals surface area contributed by atoms with Crippen molar-refractivity contribution in [3.63, 3.8) is 0 Å². The van der Waals surface area contributed by atoms with E-state index in [0.717, 1.165) is 12.0 Å². The van der Waals surface area contributed by atoms with E-state index < -0.39 is 0 Å². The molecule has 1 atom stereocenters. The van der Waals surface area contributed by atoms with Crippen molar-refractivity contribution in [3.05, 3.63) is 18.0 Å². The van der Waals surface area contributed by atoms with E-state index in [0.29, 0.717) is 5.92 Å². The first-order valence-corrected chi connectivity index (χ1v) is 4.33. The molecule has 0 amide bonds. The Hall–Kier alpha value is -0.830. The average Bonchev–Trinajstić information content (AvgIpc) is 2.34. The highest BCUT2D eigenvalue weighted by molar-refractivity contribution is 5.09. The molecule has 0 aromatic carbocycles. The van der Waals surface area contributed by atoms with E-state index in [9.17, 15) is 0 Å². The van der Waals surface area contributed by atoms with Crippen molar-refractivity contribution in [1.82, 2.24) is 9.78 Å². The number of rotatable bonds is 3. The zero-order valence-electron chi connectivity index (χ0n) is 7.99. The highest BCUT2D eigenvalue weighted by Crippen LogP contribution is 2.17. The molecule has 1 unspecified atom stereocenters. The molecule has 2 N–H and O–H groups in total. The molecule has 3 nitrogen and oxygen atoms in total. The largest absolute Gasteiger partial charge is 0.324 e. The lowest BCUT2D eigenvalue weighted by molar-refractivity contribution is 0.510. The summed E-state index contributed by atoms with van der Waals surface area (Å²) < 4.78 is 1.79. The predicted octanol–water partition coefficient (Wildman–Crippen LogP) is 1.47. The molecule has 0 aliphatic carbocycles. The Morgan fingerprint density at radius 2 is 2.25 bits per heavy atom. The first-order chi connectivity index (χ1) is 5.59. The van der Waals surface area contributed by atoms with Crippen molar-refractivity contribution in [2.45, 2.75) is 26.3 Å². The fraction of sp³-hybridized carbons (Fsp3) is 0.667. The summed E-state index contributed by atoms with van der Waals surface area (Å²) >= 11 is 0. The Morgan fingerprint density at radius 1 is 1.58 bits per heavy atom. The van der Waals surface area contributed by atoms with Crippen LogP contribution in [0.5, 0.6) is 0 Å². The van der Waals surface area contributed by atoms with Crippen molar-refractivity contribution < 1.29 is 0 Å².